The summed E-state index contributed by atoms with van der Waals surface area (Å²) < 4.78 is 44.1. The summed E-state index contributed by atoms with van der Waals surface area (Å²) in [6, 6.07) is 14.2. The number of benzene rings is 2. The van der Waals surface area contributed by atoms with Crippen molar-refractivity contribution in [3.63, 3.8) is 0 Å². The molecule has 6 nitrogen and oxygen atoms in total. The Bertz CT molecular complexity index is 838. The average molecular weight is 377 g/mol. The minimum atomic E-state index is -3.68. The lowest BCUT2D eigenvalue weighted by molar-refractivity contribution is 0.129. The molecule has 1 saturated heterocycles. The van der Waals surface area contributed by atoms with Crippen LogP contribution >= 0.6 is 0 Å². The first kappa shape index (κ1) is 18.5. The van der Waals surface area contributed by atoms with E-state index in [0.29, 0.717) is 18.8 Å². The molecule has 26 heavy (non-hydrogen) atoms. The van der Waals surface area contributed by atoms with Gasteiger partial charge >= 0.3 is 0 Å². The van der Waals surface area contributed by atoms with Crippen LogP contribution in [-0.2, 0) is 10.0 Å². The Balaban J connectivity index is 1.80. The number of rotatable bonds is 6. The predicted octanol–water partition coefficient (Wildman–Crippen LogP) is 2.94. The van der Waals surface area contributed by atoms with Crippen molar-refractivity contribution in [2.75, 3.05) is 27.3 Å². The monoisotopic (exact) mass is 377 g/mol. The molecule has 0 N–H and O–H groups in total. The molecule has 1 unspecified atom stereocenters. The SMILES string of the molecule is COc1ccc(S(=O)(=O)N2CCCC(Oc3ccccc3)C2)c(OC)c1. The Morgan fingerprint density at radius 3 is 2.46 bits per heavy atom. The smallest absolute Gasteiger partial charge is 0.246 e. The van der Waals surface area contributed by atoms with Crippen molar-refractivity contribution in [3.8, 4) is 17.2 Å². The summed E-state index contributed by atoms with van der Waals surface area (Å²) in [7, 11) is -0.706. The van der Waals surface area contributed by atoms with Gasteiger partial charge in [0, 0.05) is 12.6 Å². The average Bonchev–Trinajstić information content (AvgIpc) is 2.68. The van der Waals surface area contributed by atoms with Crippen molar-refractivity contribution >= 4 is 10.0 Å². The molecule has 0 aromatic heterocycles. The van der Waals surface area contributed by atoms with Crippen LogP contribution in [0.2, 0.25) is 0 Å². The highest BCUT2D eigenvalue weighted by molar-refractivity contribution is 7.89. The molecule has 0 aliphatic carbocycles. The summed E-state index contributed by atoms with van der Waals surface area (Å²) in [5.41, 5.74) is 0. The Kier molecular flexibility index (Phi) is 5.68. The topological polar surface area (TPSA) is 65.1 Å². The van der Waals surface area contributed by atoms with Gasteiger partial charge in [0.1, 0.15) is 28.2 Å². The van der Waals surface area contributed by atoms with Gasteiger partial charge in [-0.2, -0.15) is 4.31 Å². The predicted molar refractivity (Wildman–Crippen MR) is 98.4 cm³/mol. The van der Waals surface area contributed by atoms with E-state index in [-0.39, 0.29) is 16.7 Å². The third kappa shape index (κ3) is 3.94. The Hall–Kier alpha value is -2.25. The molecule has 7 heteroatoms. The number of hydrogen-bond acceptors (Lipinski definition) is 5. The number of para-hydroxylation sites is 1. The zero-order valence-electron chi connectivity index (χ0n) is 14.9. The van der Waals surface area contributed by atoms with Crippen molar-refractivity contribution in [1.29, 1.82) is 0 Å². The van der Waals surface area contributed by atoms with Crippen molar-refractivity contribution < 1.29 is 22.6 Å². The Morgan fingerprint density at radius 1 is 1.00 bits per heavy atom. The van der Waals surface area contributed by atoms with Gasteiger partial charge in [-0.1, -0.05) is 18.2 Å². The minimum Gasteiger partial charge on any atom is -0.497 e. The van der Waals surface area contributed by atoms with E-state index < -0.39 is 10.0 Å². The van der Waals surface area contributed by atoms with Crippen molar-refractivity contribution in [2.24, 2.45) is 0 Å². The van der Waals surface area contributed by atoms with Crippen LogP contribution in [0.1, 0.15) is 12.8 Å². The van der Waals surface area contributed by atoms with Crippen LogP contribution in [0.5, 0.6) is 17.2 Å². The second-order valence-electron chi connectivity index (χ2n) is 6.07. The lowest BCUT2D eigenvalue weighted by atomic mass is 10.1. The van der Waals surface area contributed by atoms with Crippen molar-refractivity contribution in [1.82, 2.24) is 4.31 Å². The fraction of sp³-hybridized carbons (Fsp3) is 0.368. The van der Waals surface area contributed by atoms with Gasteiger partial charge < -0.3 is 14.2 Å². The molecule has 1 fully saturated rings. The molecule has 1 heterocycles. The van der Waals surface area contributed by atoms with Crippen LogP contribution in [0.4, 0.5) is 0 Å². The zero-order chi connectivity index (χ0) is 18.6. The molecule has 0 spiro atoms. The second-order valence-corrected chi connectivity index (χ2v) is 7.98. The van der Waals surface area contributed by atoms with Gasteiger partial charge in [-0.3, -0.25) is 0 Å². The number of ether oxygens (including phenoxy) is 3. The van der Waals surface area contributed by atoms with Gasteiger partial charge in [0.15, 0.2) is 0 Å². The maximum Gasteiger partial charge on any atom is 0.246 e. The number of methoxy groups -OCH3 is 2. The maximum absolute atomic E-state index is 13.1. The molecule has 0 saturated carbocycles. The molecular formula is C19H23NO5S. The maximum atomic E-state index is 13.1. The molecule has 0 bridgehead atoms. The first-order valence-corrected chi connectivity index (χ1v) is 9.92. The molecule has 1 atom stereocenters. The summed E-state index contributed by atoms with van der Waals surface area (Å²) in [5, 5.41) is 0. The molecule has 3 rings (SSSR count). The normalized spacial score (nSPS) is 18.3. The standard InChI is InChI=1S/C19H23NO5S/c1-23-16-10-11-19(18(13-16)24-2)26(21,22)20-12-6-9-17(14-20)25-15-7-4-3-5-8-15/h3-5,7-8,10-11,13,17H,6,9,12,14H2,1-2H3. The lowest BCUT2D eigenvalue weighted by Crippen LogP contribution is -2.44. The van der Waals surface area contributed by atoms with E-state index >= 15 is 0 Å². The summed E-state index contributed by atoms with van der Waals surface area (Å²) in [5.74, 6) is 1.57. The first-order chi connectivity index (χ1) is 12.5. The molecule has 2 aromatic rings. The minimum absolute atomic E-state index is 0.140. The van der Waals surface area contributed by atoms with Crippen LogP contribution in [0.25, 0.3) is 0 Å². The van der Waals surface area contributed by atoms with E-state index in [1.165, 1.54) is 24.6 Å². The fourth-order valence-electron chi connectivity index (χ4n) is 3.04. The molecule has 0 amide bonds. The van der Waals surface area contributed by atoms with Crippen molar-refractivity contribution in [3.05, 3.63) is 48.5 Å². The zero-order valence-corrected chi connectivity index (χ0v) is 15.7. The van der Waals surface area contributed by atoms with E-state index in [1.807, 2.05) is 30.3 Å². The van der Waals surface area contributed by atoms with Crippen molar-refractivity contribution in [2.45, 2.75) is 23.8 Å². The van der Waals surface area contributed by atoms with E-state index in [0.717, 1.165) is 18.6 Å². The summed E-state index contributed by atoms with van der Waals surface area (Å²) in [4.78, 5) is 0.140. The Morgan fingerprint density at radius 2 is 1.77 bits per heavy atom. The highest BCUT2D eigenvalue weighted by Gasteiger charge is 2.33. The molecule has 1 aliphatic heterocycles. The second kappa shape index (κ2) is 7.97. The van der Waals surface area contributed by atoms with E-state index in [4.69, 9.17) is 14.2 Å². The number of nitrogens with zero attached hydrogens (tertiary/aromatic N) is 1. The van der Waals surface area contributed by atoms with Gasteiger partial charge in [0.05, 0.1) is 20.8 Å². The third-order valence-corrected chi connectivity index (χ3v) is 6.28. The van der Waals surface area contributed by atoms with Crippen LogP contribution in [-0.4, -0.2) is 46.1 Å². The first-order valence-electron chi connectivity index (χ1n) is 8.48. The Labute approximate surface area is 154 Å². The highest BCUT2D eigenvalue weighted by Crippen LogP contribution is 2.32. The highest BCUT2D eigenvalue weighted by atomic mass is 32.2. The van der Waals surface area contributed by atoms with Crippen LogP contribution in [0.15, 0.2) is 53.4 Å². The number of piperidine rings is 1. The van der Waals surface area contributed by atoms with Crippen LogP contribution in [0.3, 0.4) is 0 Å². The van der Waals surface area contributed by atoms with Gasteiger partial charge in [0.25, 0.3) is 0 Å². The largest absolute Gasteiger partial charge is 0.497 e. The molecule has 140 valence electrons. The van der Waals surface area contributed by atoms with Gasteiger partial charge in [0.2, 0.25) is 10.0 Å². The van der Waals surface area contributed by atoms with Gasteiger partial charge in [-0.25, -0.2) is 8.42 Å². The van der Waals surface area contributed by atoms with Gasteiger partial charge in [-0.15, -0.1) is 0 Å². The van der Waals surface area contributed by atoms with E-state index in [1.54, 1.807) is 12.1 Å². The van der Waals surface area contributed by atoms with E-state index in [9.17, 15) is 8.42 Å². The quantitative estimate of drug-likeness (QED) is 0.774. The number of sulfonamides is 1. The molecule has 0 radical (unpaired) electrons. The molecule has 1 aliphatic rings. The van der Waals surface area contributed by atoms with E-state index in [2.05, 4.69) is 0 Å². The third-order valence-electron chi connectivity index (χ3n) is 4.38. The number of hydrogen-bond donors (Lipinski definition) is 0. The molecular weight excluding hydrogens is 354 g/mol. The fourth-order valence-corrected chi connectivity index (χ4v) is 4.68. The lowest BCUT2D eigenvalue weighted by Gasteiger charge is -2.32. The van der Waals surface area contributed by atoms with Crippen LogP contribution in [0, 0.1) is 0 Å². The van der Waals surface area contributed by atoms with Gasteiger partial charge in [-0.05, 0) is 37.1 Å². The summed E-state index contributed by atoms with van der Waals surface area (Å²) >= 11 is 0. The summed E-state index contributed by atoms with van der Waals surface area (Å²) in [6.45, 7) is 0.776. The summed E-state index contributed by atoms with van der Waals surface area (Å²) in [6.07, 6.45) is 1.39. The molecule has 2 aromatic carbocycles. The van der Waals surface area contributed by atoms with Crippen LogP contribution < -0.4 is 14.2 Å².